The molecule has 1 aromatic heterocycles. The number of thiophene rings is 1. The number of benzene rings is 1. The fourth-order valence-corrected chi connectivity index (χ4v) is 3.76. The summed E-state index contributed by atoms with van der Waals surface area (Å²) < 4.78 is 5.63. The van der Waals surface area contributed by atoms with E-state index in [1.807, 2.05) is 35.6 Å². The van der Waals surface area contributed by atoms with Crippen LogP contribution in [0, 0.1) is 0 Å². The standard InChI is InChI=1S/C19H24N2O2S/c1-2-9-23-17-5-3-4-15(11-17)12-20-19(22)14-21-8-6-18-16(13-21)7-10-24-18/h3-5,7,10-11H,2,6,8-9,12-14H2,1H3,(H,20,22). The highest BCUT2D eigenvalue weighted by Crippen LogP contribution is 2.23. The molecule has 0 aliphatic carbocycles. The summed E-state index contributed by atoms with van der Waals surface area (Å²) in [6.07, 6.45) is 2.04. The Morgan fingerprint density at radius 1 is 1.38 bits per heavy atom. The number of rotatable bonds is 7. The SMILES string of the molecule is CCCOc1cccc(CNC(=O)CN2CCc3sccc3C2)c1. The first kappa shape index (κ1) is 17.0. The van der Waals surface area contributed by atoms with Crippen molar-refractivity contribution in [2.45, 2.75) is 32.9 Å². The van der Waals surface area contributed by atoms with E-state index in [4.69, 9.17) is 4.74 Å². The molecular formula is C19H24N2O2S. The topological polar surface area (TPSA) is 41.6 Å². The molecule has 1 amide bonds. The van der Waals surface area contributed by atoms with Gasteiger partial charge in [0.25, 0.3) is 0 Å². The maximum Gasteiger partial charge on any atom is 0.234 e. The first-order valence-electron chi connectivity index (χ1n) is 8.50. The number of hydrogen-bond donors (Lipinski definition) is 1. The van der Waals surface area contributed by atoms with Gasteiger partial charge >= 0.3 is 0 Å². The van der Waals surface area contributed by atoms with E-state index in [1.54, 1.807) is 0 Å². The van der Waals surface area contributed by atoms with Gasteiger partial charge in [0.15, 0.2) is 0 Å². The zero-order valence-electron chi connectivity index (χ0n) is 14.1. The third kappa shape index (κ3) is 4.58. The molecule has 0 spiro atoms. The van der Waals surface area contributed by atoms with Gasteiger partial charge in [-0.25, -0.2) is 0 Å². The second kappa shape index (κ2) is 8.31. The Morgan fingerprint density at radius 3 is 3.17 bits per heavy atom. The number of fused-ring (bicyclic) bond motifs is 1. The molecule has 5 heteroatoms. The van der Waals surface area contributed by atoms with E-state index in [0.29, 0.717) is 13.1 Å². The average molecular weight is 344 g/mol. The van der Waals surface area contributed by atoms with Crippen LogP contribution in [0.15, 0.2) is 35.7 Å². The molecule has 0 fully saturated rings. The number of carbonyl (C=O) groups is 1. The van der Waals surface area contributed by atoms with Gasteiger partial charge in [0.2, 0.25) is 5.91 Å². The molecule has 0 saturated carbocycles. The van der Waals surface area contributed by atoms with Crippen molar-refractivity contribution in [1.29, 1.82) is 0 Å². The lowest BCUT2D eigenvalue weighted by Gasteiger charge is -2.26. The molecule has 1 aliphatic heterocycles. The summed E-state index contributed by atoms with van der Waals surface area (Å²) >= 11 is 1.82. The Morgan fingerprint density at radius 2 is 2.29 bits per heavy atom. The highest BCUT2D eigenvalue weighted by atomic mass is 32.1. The fraction of sp³-hybridized carbons (Fsp3) is 0.421. The summed E-state index contributed by atoms with van der Waals surface area (Å²) in [4.78, 5) is 15.9. The van der Waals surface area contributed by atoms with Crippen molar-refractivity contribution in [3.05, 3.63) is 51.7 Å². The Hall–Kier alpha value is -1.85. The Labute approximate surface area is 147 Å². The van der Waals surface area contributed by atoms with Crippen molar-refractivity contribution in [2.75, 3.05) is 19.7 Å². The van der Waals surface area contributed by atoms with Gasteiger partial charge in [-0.15, -0.1) is 11.3 Å². The molecule has 2 heterocycles. The molecule has 1 aliphatic rings. The van der Waals surface area contributed by atoms with E-state index < -0.39 is 0 Å². The summed E-state index contributed by atoms with van der Waals surface area (Å²) in [5, 5.41) is 5.15. The van der Waals surface area contributed by atoms with Gasteiger partial charge in [-0.05, 0) is 47.5 Å². The van der Waals surface area contributed by atoms with Gasteiger partial charge in [-0.3, -0.25) is 9.69 Å². The predicted octanol–water partition coefficient (Wildman–Crippen LogP) is 3.21. The number of hydrogen-bond acceptors (Lipinski definition) is 4. The normalized spacial score (nSPS) is 14.2. The first-order valence-corrected chi connectivity index (χ1v) is 9.38. The quantitative estimate of drug-likeness (QED) is 0.838. The van der Waals surface area contributed by atoms with Gasteiger partial charge in [0, 0.05) is 24.5 Å². The molecule has 3 rings (SSSR count). The summed E-state index contributed by atoms with van der Waals surface area (Å²) in [6, 6.07) is 10.1. The molecule has 0 radical (unpaired) electrons. The van der Waals surface area contributed by atoms with Crippen molar-refractivity contribution in [3.8, 4) is 5.75 Å². The van der Waals surface area contributed by atoms with Crippen LogP contribution in [0.5, 0.6) is 5.75 Å². The molecule has 1 N–H and O–H groups in total. The Bertz CT molecular complexity index is 684. The molecule has 24 heavy (non-hydrogen) atoms. The minimum atomic E-state index is 0.0774. The van der Waals surface area contributed by atoms with E-state index >= 15 is 0 Å². The van der Waals surface area contributed by atoms with Crippen LogP contribution in [0.25, 0.3) is 0 Å². The van der Waals surface area contributed by atoms with Crippen LogP contribution in [0.1, 0.15) is 29.3 Å². The van der Waals surface area contributed by atoms with E-state index in [2.05, 4.69) is 28.6 Å². The van der Waals surface area contributed by atoms with Gasteiger partial charge < -0.3 is 10.1 Å². The monoisotopic (exact) mass is 344 g/mol. The lowest BCUT2D eigenvalue weighted by Crippen LogP contribution is -2.39. The minimum absolute atomic E-state index is 0.0774. The summed E-state index contributed by atoms with van der Waals surface area (Å²) in [5.41, 5.74) is 2.44. The molecule has 0 unspecified atom stereocenters. The summed E-state index contributed by atoms with van der Waals surface area (Å²) in [7, 11) is 0. The van der Waals surface area contributed by atoms with E-state index in [9.17, 15) is 4.79 Å². The lowest BCUT2D eigenvalue weighted by molar-refractivity contribution is -0.122. The molecule has 1 aromatic carbocycles. The highest BCUT2D eigenvalue weighted by Gasteiger charge is 2.18. The van der Waals surface area contributed by atoms with Crippen LogP contribution in [0.4, 0.5) is 0 Å². The molecule has 0 atom stereocenters. The van der Waals surface area contributed by atoms with Gasteiger partial charge in [0.1, 0.15) is 5.75 Å². The minimum Gasteiger partial charge on any atom is -0.494 e. The van der Waals surface area contributed by atoms with Gasteiger partial charge in [-0.2, -0.15) is 0 Å². The van der Waals surface area contributed by atoms with Crippen LogP contribution in [-0.2, 0) is 24.3 Å². The lowest BCUT2D eigenvalue weighted by atomic mass is 10.1. The fourth-order valence-electron chi connectivity index (χ4n) is 2.87. The second-order valence-corrected chi connectivity index (χ2v) is 7.10. The molecular weight excluding hydrogens is 320 g/mol. The highest BCUT2D eigenvalue weighted by molar-refractivity contribution is 7.10. The zero-order valence-corrected chi connectivity index (χ0v) is 14.9. The average Bonchev–Trinajstić information content (AvgIpc) is 3.06. The number of amides is 1. The second-order valence-electron chi connectivity index (χ2n) is 6.10. The third-order valence-electron chi connectivity index (χ3n) is 4.11. The zero-order chi connectivity index (χ0) is 16.8. The van der Waals surface area contributed by atoms with E-state index in [-0.39, 0.29) is 5.91 Å². The summed E-state index contributed by atoms with van der Waals surface area (Å²) in [5.74, 6) is 0.943. The maximum absolute atomic E-state index is 12.2. The van der Waals surface area contributed by atoms with E-state index in [1.165, 1.54) is 10.4 Å². The first-order chi connectivity index (χ1) is 11.7. The third-order valence-corrected chi connectivity index (χ3v) is 5.14. The predicted molar refractivity (Wildman–Crippen MR) is 97.4 cm³/mol. The molecule has 0 saturated heterocycles. The molecule has 0 bridgehead atoms. The Balaban J connectivity index is 1.46. The van der Waals surface area contributed by atoms with Crippen molar-refractivity contribution in [1.82, 2.24) is 10.2 Å². The van der Waals surface area contributed by atoms with Crippen LogP contribution in [0.2, 0.25) is 0 Å². The van der Waals surface area contributed by atoms with Gasteiger partial charge in [-0.1, -0.05) is 19.1 Å². The number of carbonyl (C=O) groups excluding carboxylic acids is 1. The van der Waals surface area contributed by atoms with Crippen molar-refractivity contribution in [2.24, 2.45) is 0 Å². The summed E-state index contributed by atoms with van der Waals surface area (Å²) in [6.45, 7) is 5.65. The van der Waals surface area contributed by atoms with Crippen molar-refractivity contribution >= 4 is 17.2 Å². The molecule has 2 aromatic rings. The van der Waals surface area contributed by atoms with Crippen LogP contribution < -0.4 is 10.1 Å². The number of ether oxygens (including phenoxy) is 1. The van der Waals surface area contributed by atoms with Gasteiger partial charge in [0.05, 0.1) is 13.2 Å². The van der Waals surface area contributed by atoms with Crippen LogP contribution in [0.3, 0.4) is 0 Å². The maximum atomic E-state index is 12.2. The van der Waals surface area contributed by atoms with Crippen LogP contribution in [-0.4, -0.2) is 30.5 Å². The van der Waals surface area contributed by atoms with E-state index in [0.717, 1.165) is 43.9 Å². The van der Waals surface area contributed by atoms with Crippen molar-refractivity contribution in [3.63, 3.8) is 0 Å². The smallest absolute Gasteiger partial charge is 0.234 e. The molecule has 128 valence electrons. The molecule has 4 nitrogen and oxygen atoms in total. The Kier molecular flexibility index (Phi) is 5.88. The van der Waals surface area contributed by atoms with Crippen LogP contribution >= 0.6 is 11.3 Å². The number of nitrogens with zero attached hydrogens (tertiary/aromatic N) is 1. The van der Waals surface area contributed by atoms with Crippen molar-refractivity contribution < 1.29 is 9.53 Å². The number of nitrogens with one attached hydrogen (secondary N) is 1. The largest absolute Gasteiger partial charge is 0.494 e.